The molecule has 0 aromatic carbocycles. The van der Waals surface area contributed by atoms with Crippen LogP contribution in [0.3, 0.4) is 0 Å². The second kappa shape index (κ2) is 8.52. The van der Waals surface area contributed by atoms with Gasteiger partial charge in [-0.3, -0.25) is 9.59 Å². The number of anilines is 1. The summed E-state index contributed by atoms with van der Waals surface area (Å²) in [7, 11) is 0. The van der Waals surface area contributed by atoms with Crippen LogP contribution in [0.5, 0.6) is 0 Å². The minimum Gasteiger partial charge on any atom is -0.357 e. The predicted octanol–water partition coefficient (Wildman–Crippen LogP) is 2.86. The quantitative estimate of drug-likeness (QED) is 0.778. The molecule has 27 heavy (non-hydrogen) atoms. The number of alkyl halides is 3. The van der Waals surface area contributed by atoms with Crippen molar-refractivity contribution in [3.63, 3.8) is 0 Å². The van der Waals surface area contributed by atoms with Gasteiger partial charge in [0.1, 0.15) is 11.9 Å². The highest BCUT2D eigenvalue weighted by Gasteiger charge is 2.36. The molecule has 0 saturated carbocycles. The fourth-order valence-corrected chi connectivity index (χ4v) is 3.51. The molecule has 11 heteroatoms. The van der Waals surface area contributed by atoms with Gasteiger partial charge in [-0.05, 0) is 25.3 Å². The number of pyridine rings is 1. The Labute approximate surface area is 165 Å². The van der Waals surface area contributed by atoms with Crippen molar-refractivity contribution in [3.8, 4) is 0 Å². The van der Waals surface area contributed by atoms with Crippen LogP contribution in [-0.4, -0.2) is 46.9 Å². The number of piperidine rings is 2. The largest absolute Gasteiger partial charge is 0.417 e. The van der Waals surface area contributed by atoms with Gasteiger partial charge in [0.2, 0.25) is 11.8 Å². The van der Waals surface area contributed by atoms with Gasteiger partial charge in [-0.1, -0.05) is 11.6 Å². The number of nitrogens with zero attached hydrogens (tertiary/aromatic N) is 2. The highest BCUT2D eigenvalue weighted by atomic mass is 35.5. The van der Waals surface area contributed by atoms with Crippen molar-refractivity contribution in [2.75, 3.05) is 18.4 Å². The minimum atomic E-state index is -4.53. The second-order valence-corrected chi connectivity index (χ2v) is 6.83. The Balaban J connectivity index is 0.00000261. The van der Waals surface area contributed by atoms with Crippen LogP contribution in [0.2, 0.25) is 5.02 Å². The molecule has 0 bridgehead atoms. The van der Waals surface area contributed by atoms with Gasteiger partial charge in [0, 0.05) is 31.7 Å². The lowest BCUT2D eigenvalue weighted by Crippen LogP contribution is -2.55. The van der Waals surface area contributed by atoms with E-state index < -0.39 is 17.8 Å². The zero-order valence-corrected chi connectivity index (χ0v) is 15.8. The lowest BCUT2D eigenvalue weighted by molar-refractivity contribution is -0.139. The average Bonchev–Trinajstić information content (AvgIpc) is 2.57. The molecule has 1 unspecified atom stereocenters. The maximum absolute atomic E-state index is 12.8. The molecule has 1 aromatic heterocycles. The Morgan fingerprint density at radius 3 is 2.67 bits per heavy atom. The van der Waals surface area contributed by atoms with Crippen LogP contribution in [0, 0.1) is 0 Å². The third-order valence-electron chi connectivity index (χ3n) is 4.61. The van der Waals surface area contributed by atoms with E-state index in [2.05, 4.69) is 15.6 Å². The van der Waals surface area contributed by atoms with Gasteiger partial charge in [-0.15, -0.1) is 12.4 Å². The van der Waals surface area contributed by atoms with Crippen molar-refractivity contribution in [3.05, 3.63) is 22.8 Å². The number of halogens is 5. The zero-order valence-electron chi connectivity index (χ0n) is 14.2. The smallest absolute Gasteiger partial charge is 0.357 e. The maximum Gasteiger partial charge on any atom is 0.417 e. The van der Waals surface area contributed by atoms with Gasteiger partial charge in [-0.25, -0.2) is 4.98 Å². The van der Waals surface area contributed by atoms with E-state index in [1.165, 1.54) is 0 Å². The molecule has 1 aromatic rings. The van der Waals surface area contributed by atoms with E-state index in [0.717, 1.165) is 12.5 Å². The number of hydrogen-bond donors (Lipinski definition) is 2. The SMILES string of the molecule is Cl.O=C1C[C@@H](N2CCCC(Nc3ncc(C(F)(F)F)cc3Cl)C2=O)CCN1. The summed E-state index contributed by atoms with van der Waals surface area (Å²) in [4.78, 5) is 29.7. The monoisotopic (exact) mass is 426 g/mol. The summed E-state index contributed by atoms with van der Waals surface area (Å²) >= 11 is 5.90. The lowest BCUT2D eigenvalue weighted by Gasteiger charge is -2.39. The molecule has 6 nitrogen and oxygen atoms in total. The summed E-state index contributed by atoms with van der Waals surface area (Å²) in [5, 5.41) is 5.39. The van der Waals surface area contributed by atoms with Crippen molar-refractivity contribution in [2.45, 2.75) is 43.9 Å². The molecule has 0 radical (unpaired) electrons. The van der Waals surface area contributed by atoms with Gasteiger partial charge in [0.25, 0.3) is 0 Å². The first-order chi connectivity index (χ1) is 12.3. The van der Waals surface area contributed by atoms with Crippen molar-refractivity contribution in [2.24, 2.45) is 0 Å². The number of hydrogen-bond acceptors (Lipinski definition) is 4. The van der Waals surface area contributed by atoms with E-state index in [4.69, 9.17) is 11.6 Å². The molecule has 2 aliphatic heterocycles. The van der Waals surface area contributed by atoms with Crippen molar-refractivity contribution in [1.29, 1.82) is 0 Å². The molecule has 2 atom stereocenters. The van der Waals surface area contributed by atoms with Crippen LogP contribution >= 0.6 is 24.0 Å². The normalized spacial score (nSPS) is 23.5. The number of carbonyl (C=O) groups excluding carboxylic acids is 2. The first kappa shape index (κ1) is 21.6. The van der Waals surface area contributed by atoms with E-state index >= 15 is 0 Å². The highest BCUT2D eigenvalue weighted by Crippen LogP contribution is 2.33. The summed E-state index contributed by atoms with van der Waals surface area (Å²) in [5.41, 5.74) is -0.946. The maximum atomic E-state index is 12.8. The predicted molar refractivity (Wildman–Crippen MR) is 95.9 cm³/mol. The van der Waals surface area contributed by atoms with Gasteiger partial charge >= 0.3 is 6.18 Å². The average molecular weight is 427 g/mol. The van der Waals surface area contributed by atoms with Gasteiger partial charge in [0.05, 0.1) is 10.6 Å². The van der Waals surface area contributed by atoms with E-state index in [-0.39, 0.29) is 47.5 Å². The molecule has 2 aliphatic rings. The van der Waals surface area contributed by atoms with Crippen LogP contribution < -0.4 is 10.6 Å². The topological polar surface area (TPSA) is 74.3 Å². The molecule has 0 aliphatic carbocycles. The standard InChI is InChI=1S/C16H18ClF3N4O2.ClH/c17-11-6-9(16(18,19)20)8-22-14(11)23-12-2-1-5-24(15(12)26)10-3-4-21-13(25)7-10;/h6,8,10,12H,1-5,7H2,(H,21,25)(H,22,23);1H/t10-,12?;/m0./s1. The number of amides is 2. The summed E-state index contributed by atoms with van der Waals surface area (Å²) in [6.45, 7) is 1.08. The third kappa shape index (κ3) is 4.95. The molecule has 2 saturated heterocycles. The summed E-state index contributed by atoms with van der Waals surface area (Å²) < 4.78 is 38.1. The molecule has 3 heterocycles. The number of rotatable bonds is 3. The Morgan fingerprint density at radius 1 is 1.30 bits per heavy atom. The van der Waals surface area contributed by atoms with Crippen LogP contribution in [0.15, 0.2) is 12.3 Å². The summed E-state index contributed by atoms with van der Waals surface area (Å²) in [6, 6.07) is 0.000300. The fraction of sp³-hybridized carbons (Fsp3) is 0.562. The second-order valence-electron chi connectivity index (χ2n) is 6.42. The van der Waals surface area contributed by atoms with Crippen molar-refractivity contribution >= 4 is 41.6 Å². The third-order valence-corrected chi connectivity index (χ3v) is 4.90. The number of aromatic nitrogens is 1. The molecular formula is C16H19Cl2F3N4O2. The Kier molecular flexibility index (Phi) is 6.80. The van der Waals surface area contributed by atoms with Gasteiger partial charge < -0.3 is 15.5 Å². The molecular weight excluding hydrogens is 408 g/mol. The Bertz CT molecular complexity index is 717. The van der Waals surface area contributed by atoms with E-state index in [1.54, 1.807) is 4.90 Å². The van der Waals surface area contributed by atoms with Crippen LogP contribution in [0.4, 0.5) is 19.0 Å². The van der Waals surface area contributed by atoms with E-state index in [9.17, 15) is 22.8 Å². The van der Waals surface area contributed by atoms with Gasteiger partial charge in [-0.2, -0.15) is 13.2 Å². The first-order valence-corrected chi connectivity index (χ1v) is 8.70. The number of carbonyl (C=O) groups is 2. The van der Waals surface area contributed by atoms with Crippen LogP contribution in [0.1, 0.15) is 31.2 Å². The molecule has 2 fully saturated rings. The van der Waals surface area contributed by atoms with E-state index in [1.807, 2.05) is 0 Å². The van der Waals surface area contributed by atoms with E-state index in [0.29, 0.717) is 32.1 Å². The van der Waals surface area contributed by atoms with Gasteiger partial charge in [0.15, 0.2) is 0 Å². The summed E-state index contributed by atoms with van der Waals surface area (Å²) in [5.74, 6) is -0.230. The van der Waals surface area contributed by atoms with Crippen LogP contribution in [-0.2, 0) is 15.8 Å². The molecule has 0 spiro atoms. The highest BCUT2D eigenvalue weighted by molar-refractivity contribution is 6.33. The zero-order chi connectivity index (χ0) is 18.9. The Hall–Kier alpha value is -1.74. The summed E-state index contributed by atoms with van der Waals surface area (Å²) in [6.07, 6.45) is -1.66. The minimum absolute atomic E-state index is 0. The van der Waals surface area contributed by atoms with Crippen molar-refractivity contribution < 1.29 is 22.8 Å². The number of likely N-dealkylation sites (tertiary alicyclic amines) is 1. The number of nitrogens with one attached hydrogen (secondary N) is 2. The van der Waals surface area contributed by atoms with Crippen LogP contribution in [0.25, 0.3) is 0 Å². The fourth-order valence-electron chi connectivity index (χ4n) is 3.29. The van der Waals surface area contributed by atoms with Crippen molar-refractivity contribution in [1.82, 2.24) is 15.2 Å². The Morgan fingerprint density at radius 2 is 2.04 bits per heavy atom. The lowest BCUT2D eigenvalue weighted by atomic mass is 9.97. The molecule has 150 valence electrons. The molecule has 3 rings (SSSR count). The molecule has 2 amide bonds. The first-order valence-electron chi connectivity index (χ1n) is 8.32. The molecule has 2 N–H and O–H groups in total.